The number of hydrogen-bond acceptors (Lipinski definition) is 4. The Kier molecular flexibility index (Phi) is 3.16. The molecule has 2 fully saturated rings. The predicted molar refractivity (Wildman–Crippen MR) is 79.3 cm³/mol. The lowest BCUT2D eigenvalue weighted by molar-refractivity contribution is -0.174. The number of carbonyl (C=O) groups excluding carboxylic acids is 2. The van der Waals surface area contributed by atoms with Gasteiger partial charge in [0.15, 0.2) is 5.43 Å². The molecule has 118 valence electrons. The Morgan fingerprint density at radius 2 is 2.14 bits per heavy atom. The molecular formula is C16H20N2O4. The smallest absolute Gasteiger partial charge is 0.314 e. The van der Waals surface area contributed by atoms with E-state index in [-0.39, 0.29) is 34.3 Å². The summed E-state index contributed by atoms with van der Waals surface area (Å²) in [5.74, 6) is -0.397. The van der Waals surface area contributed by atoms with E-state index in [4.69, 9.17) is 4.74 Å². The molecule has 6 heteroatoms. The van der Waals surface area contributed by atoms with E-state index in [0.29, 0.717) is 19.5 Å². The van der Waals surface area contributed by atoms with Gasteiger partial charge in [-0.25, -0.2) is 0 Å². The van der Waals surface area contributed by atoms with Gasteiger partial charge in [-0.15, -0.1) is 0 Å². The maximum Gasteiger partial charge on any atom is 0.314 e. The maximum atomic E-state index is 12.6. The molecular weight excluding hydrogens is 284 g/mol. The van der Waals surface area contributed by atoms with Crippen molar-refractivity contribution < 1.29 is 14.3 Å². The molecule has 1 amide bonds. The molecule has 22 heavy (non-hydrogen) atoms. The lowest BCUT2D eigenvalue weighted by atomic mass is 9.48. The first kappa shape index (κ1) is 14.8. The monoisotopic (exact) mass is 304 g/mol. The molecule has 1 aromatic rings. The average Bonchev–Trinajstić information content (AvgIpc) is 2.81. The summed E-state index contributed by atoms with van der Waals surface area (Å²) < 4.78 is 4.97. The second kappa shape index (κ2) is 4.69. The number of ether oxygens (including phenoxy) is 1. The number of H-pyrrole nitrogens is 1. The fraction of sp³-hybridized carbons (Fsp3) is 0.562. The molecule has 2 atom stereocenters. The van der Waals surface area contributed by atoms with Crippen molar-refractivity contribution in [3.8, 4) is 0 Å². The van der Waals surface area contributed by atoms with Gasteiger partial charge < -0.3 is 14.6 Å². The summed E-state index contributed by atoms with van der Waals surface area (Å²) in [6.07, 6.45) is 2.17. The number of amides is 1. The predicted octanol–water partition coefficient (Wildman–Crippen LogP) is 1.04. The second-order valence-electron chi connectivity index (χ2n) is 6.99. The van der Waals surface area contributed by atoms with Gasteiger partial charge in [-0.05, 0) is 17.8 Å². The van der Waals surface area contributed by atoms with Gasteiger partial charge in [-0.3, -0.25) is 14.4 Å². The van der Waals surface area contributed by atoms with Crippen LogP contribution in [0.15, 0.2) is 23.1 Å². The first-order valence-electron chi connectivity index (χ1n) is 7.37. The highest BCUT2D eigenvalue weighted by Crippen LogP contribution is 2.63. The molecule has 0 spiro atoms. The van der Waals surface area contributed by atoms with Crippen LogP contribution in [-0.2, 0) is 9.53 Å². The molecule has 1 aliphatic carbocycles. The Morgan fingerprint density at radius 3 is 2.73 bits per heavy atom. The number of likely N-dealkylation sites (tertiary alicyclic amines) is 1. The molecule has 1 aliphatic heterocycles. The van der Waals surface area contributed by atoms with Gasteiger partial charge in [-0.1, -0.05) is 13.8 Å². The number of pyridine rings is 1. The van der Waals surface area contributed by atoms with Gasteiger partial charge in [0.05, 0.1) is 12.5 Å². The zero-order chi connectivity index (χ0) is 16.1. The minimum Gasteiger partial charge on any atom is -0.469 e. The Bertz CT molecular complexity index is 693. The fourth-order valence-electron chi connectivity index (χ4n) is 4.27. The molecule has 0 aromatic carbocycles. The molecule has 2 heterocycles. The van der Waals surface area contributed by atoms with Crippen LogP contribution in [0.3, 0.4) is 0 Å². The molecule has 0 unspecified atom stereocenters. The van der Waals surface area contributed by atoms with Crippen molar-refractivity contribution in [2.75, 3.05) is 20.2 Å². The number of fused-ring (bicyclic) bond motifs is 1. The van der Waals surface area contributed by atoms with Gasteiger partial charge in [0.1, 0.15) is 5.69 Å². The van der Waals surface area contributed by atoms with E-state index >= 15 is 0 Å². The number of nitrogens with one attached hydrogen (secondary N) is 1. The van der Waals surface area contributed by atoms with Crippen LogP contribution in [0, 0.1) is 16.7 Å². The molecule has 3 rings (SSSR count). The lowest BCUT2D eigenvalue weighted by Crippen LogP contribution is -2.57. The summed E-state index contributed by atoms with van der Waals surface area (Å²) in [4.78, 5) is 40.7. The number of aromatic nitrogens is 1. The van der Waals surface area contributed by atoms with E-state index in [1.54, 1.807) is 4.90 Å². The molecule has 1 aromatic heterocycles. The van der Waals surface area contributed by atoms with Crippen LogP contribution in [0.5, 0.6) is 0 Å². The Hall–Kier alpha value is -2.11. The summed E-state index contributed by atoms with van der Waals surface area (Å²) in [6, 6.07) is 2.65. The standard InChI is InChI=1S/C16H20N2O4/c1-15(2)8-16(14(21)22-3)9-18(7-12(15)16)13(20)11-6-10(19)4-5-17-11/h4-6,12H,7-9H2,1-3H3,(H,17,19)/t12-,16+/m1/s1. The summed E-state index contributed by atoms with van der Waals surface area (Å²) >= 11 is 0. The zero-order valence-electron chi connectivity index (χ0n) is 13.0. The normalized spacial score (nSPS) is 28.7. The quantitative estimate of drug-likeness (QED) is 0.828. The molecule has 0 bridgehead atoms. The van der Waals surface area contributed by atoms with Crippen LogP contribution in [0.2, 0.25) is 0 Å². The van der Waals surface area contributed by atoms with E-state index in [1.165, 1.54) is 25.4 Å². The van der Waals surface area contributed by atoms with E-state index in [1.807, 2.05) is 0 Å². The third-order valence-corrected chi connectivity index (χ3v) is 5.14. The SMILES string of the molecule is COC(=O)[C@@]12CN(C(=O)c3cc(=O)cc[nH]3)C[C@@H]1C(C)(C)C2. The van der Waals surface area contributed by atoms with Crippen molar-refractivity contribution in [2.45, 2.75) is 20.3 Å². The lowest BCUT2D eigenvalue weighted by Gasteiger charge is -2.54. The number of carbonyl (C=O) groups is 2. The number of esters is 1. The molecule has 2 aliphatic rings. The van der Waals surface area contributed by atoms with Gasteiger partial charge in [0.25, 0.3) is 5.91 Å². The largest absolute Gasteiger partial charge is 0.469 e. The molecule has 1 N–H and O–H groups in total. The molecule has 1 saturated carbocycles. The van der Waals surface area contributed by atoms with Crippen LogP contribution in [0.1, 0.15) is 30.8 Å². The van der Waals surface area contributed by atoms with Crippen molar-refractivity contribution in [3.05, 3.63) is 34.2 Å². The molecule has 1 saturated heterocycles. The van der Waals surface area contributed by atoms with E-state index < -0.39 is 5.41 Å². The minimum absolute atomic E-state index is 0.00726. The van der Waals surface area contributed by atoms with Crippen molar-refractivity contribution in [3.63, 3.8) is 0 Å². The van der Waals surface area contributed by atoms with Crippen LogP contribution in [0.4, 0.5) is 0 Å². The van der Waals surface area contributed by atoms with E-state index in [9.17, 15) is 14.4 Å². The van der Waals surface area contributed by atoms with E-state index in [0.717, 1.165) is 0 Å². The van der Waals surface area contributed by atoms with Crippen LogP contribution >= 0.6 is 0 Å². The third kappa shape index (κ3) is 1.97. The maximum absolute atomic E-state index is 12.6. The third-order valence-electron chi connectivity index (χ3n) is 5.14. The average molecular weight is 304 g/mol. The van der Waals surface area contributed by atoms with Gasteiger partial charge in [0.2, 0.25) is 0 Å². The molecule has 6 nitrogen and oxygen atoms in total. The number of hydrogen-bond donors (Lipinski definition) is 1. The Balaban J connectivity index is 1.88. The summed E-state index contributed by atoms with van der Waals surface area (Å²) in [7, 11) is 1.39. The van der Waals surface area contributed by atoms with Gasteiger partial charge in [0, 0.05) is 31.4 Å². The minimum atomic E-state index is -0.594. The van der Waals surface area contributed by atoms with Crippen molar-refractivity contribution in [1.82, 2.24) is 9.88 Å². The fourth-order valence-corrected chi connectivity index (χ4v) is 4.27. The molecule has 0 radical (unpaired) electrons. The summed E-state index contributed by atoms with van der Waals surface area (Å²) in [5.41, 5.74) is -0.546. The Morgan fingerprint density at radius 1 is 1.41 bits per heavy atom. The zero-order valence-corrected chi connectivity index (χ0v) is 13.0. The topological polar surface area (TPSA) is 79.5 Å². The van der Waals surface area contributed by atoms with Crippen molar-refractivity contribution in [1.29, 1.82) is 0 Å². The number of rotatable bonds is 2. The first-order valence-corrected chi connectivity index (χ1v) is 7.37. The van der Waals surface area contributed by atoms with Crippen molar-refractivity contribution >= 4 is 11.9 Å². The van der Waals surface area contributed by atoms with Crippen molar-refractivity contribution in [2.24, 2.45) is 16.7 Å². The van der Waals surface area contributed by atoms with Crippen LogP contribution < -0.4 is 5.43 Å². The van der Waals surface area contributed by atoms with Crippen LogP contribution in [0.25, 0.3) is 0 Å². The number of nitrogens with zero attached hydrogens (tertiary/aromatic N) is 1. The summed E-state index contributed by atoms with van der Waals surface area (Å²) in [5, 5.41) is 0. The highest BCUT2D eigenvalue weighted by atomic mass is 16.5. The Labute approximate surface area is 128 Å². The van der Waals surface area contributed by atoms with Gasteiger partial charge >= 0.3 is 5.97 Å². The first-order chi connectivity index (χ1) is 10.3. The number of aromatic amines is 1. The highest BCUT2D eigenvalue weighted by Gasteiger charge is 2.68. The number of methoxy groups -OCH3 is 1. The second-order valence-corrected chi connectivity index (χ2v) is 6.99. The van der Waals surface area contributed by atoms with Crippen LogP contribution in [-0.4, -0.2) is 42.0 Å². The highest BCUT2D eigenvalue weighted by molar-refractivity contribution is 5.93. The van der Waals surface area contributed by atoms with E-state index in [2.05, 4.69) is 18.8 Å². The summed E-state index contributed by atoms with van der Waals surface area (Å²) in [6.45, 7) is 5.08. The van der Waals surface area contributed by atoms with Gasteiger partial charge in [-0.2, -0.15) is 0 Å².